The number of ether oxygens (including phenoxy) is 1. The van der Waals surface area contributed by atoms with E-state index >= 15 is 0 Å². The molecule has 0 aliphatic rings. The number of rotatable bonds is 6. The van der Waals surface area contributed by atoms with E-state index in [9.17, 15) is 4.79 Å². The van der Waals surface area contributed by atoms with E-state index in [1.54, 1.807) is 36.4 Å². The highest BCUT2D eigenvalue weighted by Gasteiger charge is 2.15. The molecule has 1 N–H and O–H groups in total. The van der Waals surface area contributed by atoms with Gasteiger partial charge in [-0.3, -0.25) is 0 Å². The number of amides is 1. The summed E-state index contributed by atoms with van der Waals surface area (Å²) in [7, 11) is 0. The van der Waals surface area contributed by atoms with Crippen LogP contribution in [0, 0.1) is 0 Å². The van der Waals surface area contributed by atoms with Crippen molar-refractivity contribution >= 4 is 6.09 Å². The third kappa shape index (κ3) is 4.01. The van der Waals surface area contributed by atoms with E-state index in [1.807, 2.05) is 18.2 Å². The number of hydroxylamine groups is 2. The van der Waals surface area contributed by atoms with Crippen molar-refractivity contribution in [2.45, 2.75) is 0 Å². The second-order valence-corrected chi connectivity index (χ2v) is 4.09. The first-order valence-corrected chi connectivity index (χ1v) is 6.32. The van der Waals surface area contributed by atoms with Gasteiger partial charge in [-0.15, -0.1) is 11.6 Å². The number of nitrogens with zero attached hydrogens (tertiary/aromatic N) is 1. The fourth-order valence-electron chi connectivity index (χ4n) is 1.62. The van der Waals surface area contributed by atoms with Crippen LogP contribution < -0.4 is 9.57 Å². The number of carbonyl (C=O) groups is 1. The lowest BCUT2D eigenvalue weighted by molar-refractivity contribution is -0.0277. The van der Waals surface area contributed by atoms with E-state index in [-0.39, 0.29) is 6.54 Å². The van der Waals surface area contributed by atoms with Crippen LogP contribution in [-0.4, -0.2) is 22.8 Å². The largest absolute Gasteiger partial charge is 0.463 e. The van der Waals surface area contributed by atoms with Crippen molar-refractivity contribution in [3.05, 3.63) is 67.3 Å². The maximum atomic E-state index is 11.1. The summed E-state index contributed by atoms with van der Waals surface area (Å²) in [6.07, 6.45) is 0.235. The summed E-state index contributed by atoms with van der Waals surface area (Å²) in [5, 5.41) is 9.84. The maximum Gasteiger partial charge on any atom is 0.441 e. The lowest BCUT2D eigenvalue weighted by Crippen LogP contribution is -2.33. The summed E-state index contributed by atoms with van der Waals surface area (Å²) in [5.74, 6) is 1.38. The zero-order valence-electron chi connectivity index (χ0n) is 11.3. The fraction of sp³-hybridized carbons (Fsp3) is 0.0625. The SMILES string of the molecule is C=CCN(Oc1ccccc1Oc1ccccc1)C(=O)O. The highest BCUT2D eigenvalue weighted by atomic mass is 16.7. The minimum Gasteiger partial charge on any atom is -0.463 e. The quantitative estimate of drug-likeness (QED) is 0.645. The average Bonchev–Trinajstić information content (AvgIpc) is 2.49. The number of hydrogen-bond acceptors (Lipinski definition) is 3. The Labute approximate surface area is 122 Å². The van der Waals surface area contributed by atoms with Crippen LogP contribution in [0.25, 0.3) is 0 Å². The normalized spacial score (nSPS) is 9.71. The molecule has 0 aliphatic carbocycles. The number of para-hydroxylation sites is 3. The second-order valence-electron chi connectivity index (χ2n) is 4.09. The van der Waals surface area contributed by atoms with Gasteiger partial charge in [0.15, 0.2) is 11.5 Å². The molecule has 2 aromatic carbocycles. The molecule has 0 unspecified atom stereocenters. The van der Waals surface area contributed by atoms with Crippen LogP contribution in [0.15, 0.2) is 67.3 Å². The Hall–Kier alpha value is -2.95. The Bertz CT molecular complexity index is 613. The molecule has 0 saturated heterocycles. The first kappa shape index (κ1) is 14.5. The molecule has 108 valence electrons. The Morgan fingerprint density at radius 2 is 1.71 bits per heavy atom. The summed E-state index contributed by atoms with van der Waals surface area (Å²) in [4.78, 5) is 16.4. The van der Waals surface area contributed by atoms with Gasteiger partial charge in [-0.2, -0.15) is 0 Å². The van der Waals surface area contributed by atoms with E-state index in [2.05, 4.69) is 6.58 Å². The molecule has 0 fully saturated rings. The molecular weight excluding hydrogens is 270 g/mol. The highest BCUT2D eigenvalue weighted by Crippen LogP contribution is 2.31. The lowest BCUT2D eigenvalue weighted by atomic mass is 10.3. The molecule has 0 saturated carbocycles. The van der Waals surface area contributed by atoms with Gasteiger partial charge in [-0.05, 0) is 24.3 Å². The van der Waals surface area contributed by atoms with Crippen LogP contribution in [0.5, 0.6) is 17.2 Å². The van der Waals surface area contributed by atoms with Gasteiger partial charge in [0, 0.05) is 0 Å². The Morgan fingerprint density at radius 3 is 2.33 bits per heavy atom. The van der Waals surface area contributed by atoms with Gasteiger partial charge in [0.2, 0.25) is 0 Å². The molecule has 0 atom stereocenters. The molecule has 0 spiro atoms. The summed E-state index contributed by atoms with van der Waals surface area (Å²) in [6, 6.07) is 16.0. The number of hydrogen-bond donors (Lipinski definition) is 1. The standard InChI is InChI=1S/C16H15NO4/c1-2-12-17(16(18)19)21-15-11-7-6-10-14(15)20-13-8-4-3-5-9-13/h2-11H,1,12H2,(H,18,19). The van der Waals surface area contributed by atoms with Crippen molar-refractivity contribution in [2.75, 3.05) is 6.54 Å². The van der Waals surface area contributed by atoms with Crippen LogP contribution in [0.4, 0.5) is 4.79 Å². The van der Waals surface area contributed by atoms with Crippen LogP contribution in [-0.2, 0) is 0 Å². The van der Waals surface area contributed by atoms with E-state index in [4.69, 9.17) is 14.7 Å². The van der Waals surface area contributed by atoms with Crippen LogP contribution in [0.1, 0.15) is 0 Å². The summed E-state index contributed by atoms with van der Waals surface area (Å²) < 4.78 is 5.70. The molecule has 0 bridgehead atoms. The lowest BCUT2D eigenvalue weighted by Gasteiger charge is -2.19. The van der Waals surface area contributed by atoms with Gasteiger partial charge < -0.3 is 14.7 Å². The highest BCUT2D eigenvalue weighted by molar-refractivity contribution is 5.64. The Kier molecular flexibility index (Phi) is 4.82. The smallest absolute Gasteiger partial charge is 0.441 e. The van der Waals surface area contributed by atoms with Gasteiger partial charge in [0.05, 0.1) is 6.54 Å². The first-order valence-electron chi connectivity index (χ1n) is 6.32. The topological polar surface area (TPSA) is 59.0 Å². The van der Waals surface area contributed by atoms with Gasteiger partial charge in [-0.25, -0.2) is 4.79 Å². The third-order valence-corrected chi connectivity index (χ3v) is 2.54. The van der Waals surface area contributed by atoms with E-state index in [1.165, 1.54) is 6.08 Å². The molecular formula is C16H15NO4. The molecule has 21 heavy (non-hydrogen) atoms. The Morgan fingerprint density at radius 1 is 1.10 bits per heavy atom. The van der Waals surface area contributed by atoms with Crippen molar-refractivity contribution < 1.29 is 19.5 Å². The first-order chi connectivity index (χ1) is 10.2. The zero-order valence-corrected chi connectivity index (χ0v) is 11.3. The molecule has 1 amide bonds. The maximum absolute atomic E-state index is 11.1. The predicted molar refractivity (Wildman–Crippen MR) is 78.5 cm³/mol. The van der Waals surface area contributed by atoms with Crippen molar-refractivity contribution in [1.29, 1.82) is 0 Å². The van der Waals surface area contributed by atoms with E-state index in [0.717, 1.165) is 5.06 Å². The average molecular weight is 285 g/mol. The van der Waals surface area contributed by atoms with Gasteiger partial charge in [0.1, 0.15) is 5.75 Å². The number of benzene rings is 2. The second kappa shape index (κ2) is 7.00. The Balaban J connectivity index is 2.20. The number of carboxylic acid groups (broad SMARTS) is 1. The minimum atomic E-state index is -1.20. The predicted octanol–water partition coefficient (Wildman–Crippen LogP) is 3.94. The molecule has 0 aliphatic heterocycles. The summed E-state index contributed by atoms with van der Waals surface area (Å²) in [6.45, 7) is 3.55. The third-order valence-electron chi connectivity index (χ3n) is 2.54. The molecule has 0 heterocycles. The monoisotopic (exact) mass is 285 g/mol. The van der Waals surface area contributed by atoms with Crippen LogP contribution in [0.3, 0.4) is 0 Å². The zero-order chi connectivity index (χ0) is 15.1. The van der Waals surface area contributed by atoms with Crippen molar-refractivity contribution in [1.82, 2.24) is 5.06 Å². The molecule has 2 aromatic rings. The van der Waals surface area contributed by atoms with E-state index in [0.29, 0.717) is 17.2 Å². The van der Waals surface area contributed by atoms with E-state index < -0.39 is 6.09 Å². The van der Waals surface area contributed by atoms with Gasteiger partial charge >= 0.3 is 6.09 Å². The van der Waals surface area contributed by atoms with Crippen molar-refractivity contribution in [3.8, 4) is 17.2 Å². The van der Waals surface area contributed by atoms with Gasteiger partial charge in [-0.1, -0.05) is 36.4 Å². The van der Waals surface area contributed by atoms with Crippen LogP contribution in [0.2, 0.25) is 0 Å². The molecule has 2 rings (SSSR count). The molecule has 0 aromatic heterocycles. The fourth-order valence-corrected chi connectivity index (χ4v) is 1.62. The molecule has 5 nitrogen and oxygen atoms in total. The molecule has 0 radical (unpaired) electrons. The summed E-state index contributed by atoms with van der Waals surface area (Å²) in [5.41, 5.74) is 0. The molecule has 5 heteroatoms. The van der Waals surface area contributed by atoms with Crippen molar-refractivity contribution in [2.24, 2.45) is 0 Å². The minimum absolute atomic E-state index is 0.0506. The van der Waals surface area contributed by atoms with Crippen LogP contribution >= 0.6 is 0 Å². The van der Waals surface area contributed by atoms with Gasteiger partial charge in [0.25, 0.3) is 0 Å². The summed E-state index contributed by atoms with van der Waals surface area (Å²) >= 11 is 0. The van der Waals surface area contributed by atoms with Crippen molar-refractivity contribution in [3.63, 3.8) is 0 Å².